The summed E-state index contributed by atoms with van der Waals surface area (Å²) in [5, 5.41) is 10.5. The van der Waals surface area contributed by atoms with Crippen molar-refractivity contribution in [2.75, 3.05) is 0 Å². The molecule has 1 aromatic rings. The highest BCUT2D eigenvalue weighted by Gasteiger charge is 2.43. The van der Waals surface area contributed by atoms with Gasteiger partial charge in [-0.2, -0.15) is 0 Å². The van der Waals surface area contributed by atoms with Crippen molar-refractivity contribution < 1.29 is 5.11 Å². The topological polar surface area (TPSA) is 20.2 Å². The van der Waals surface area contributed by atoms with Crippen molar-refractivity contribution in [3.05, 3.63) is 33.8 Å². The summed E-state index contributed by atoms with van der Waals surface area (Å²) < 4.78 is 1.17. The first-order valence-corrected chi connectivity index (χ1v) is 7.49. The smallest absolute Gasteiger partial charge is 0.0640 e. The third kappa shape index (κ3) is 1.86. The molecule has 0 aliphatic heterocycles. The molecule has 0 bridgehead atoms. The van der Waals surface area contributed by atoms with Gasteiger partial charge in [0.15, 0.2) is 0 Å². The van der Waals surface area contributed by atoms with E-state index in [0.717, 1.165) is 12.8 Å². The summed E-state index contributed by atoms with van der Waals surface area (Å²) in [5.41, 5.74) is 2.96. The van der Waals surface area contributed by atoms with Gasteiger partial charge in [0.25, 0.3) is 0 Å². The van der Waals surface area contributed by atoms with Gasteiger partial charge in [-0.05, 0) is 48.9 Å². The highest BCUT2D eigenvalue weighted by atomic mass is 79.9. The second-order valence-corrected chi connectivity index (χ2v) is 6.49. The zero-order valence-corrected chi connectivity index (χ0v) is 11.7. The first-order valence-electron chi connectivity index (χ1n) is 6.69. The number of aliphatic hydroxyl groups excluding tert-OH is 1. The number of halogens is 1. The molecular formula is C15H19BrO. The molecule has 2 heteroatoms. The third-order valence-electron chi connectivity index (χ3n) is 4.67. The summed E-state index contributed by atoms with van der Waals surface area (Å²) in [4.78, 5) is 0. The first kappa shape index (κ1) is 11.7. The lowest BCUT2D eigenvalue weighted by atomic mass is 9.61. The molecule has 1 saturated carbocycles. The molecule has 1 atom stereocenters. The van der Waals surface area contributed by atoms with E-state index < -0.39 is 0 Å². The number of fused-ring (bicyclic) bond motifs is 2. The zero-order valence-electron chi connectivity index (χ0n) is 10.1. The molecule has 1 fully saturated rings. The maximum atomic E-state index is 10.5. The van der Waals surface area contributed by atoms with Crippen molar-refractivity contribution in [1.29, 1.82) is 0 Å². The van der Waals surface area contributed by atoms with Crippen LogP contribution in [0.5, 0.6) is 0 Å². The largest absolute Gasteiger partial charge is 0.392 e. The summed E-state index contributed by atoms with van der Waals surface area (Å²) >= 11 is 3.56. The minimum Gasteiger partial charge on any atom is -0.392 e. The van der Waals surface area contributed by atoms with E-state index in [2.05, 4.69) is 34.1 Å². The average Bonchev–Trinajstić information content (AvgIpc) is 2.35. The Morgan fingerprint density at radius 3 is 2.71 bits per heavy atom. The number of hydrogen-bond donors (Lipinski definition) is 1. The van der Waals surface area contributed by atoms with Gasteiger partial charge < -0.3 is 5.11 Å². The maximum absolute atomic E-state index is 10.5. The Hall–Kier alpha value is -0.340. The van der Waals surface area contributed by atoms with Crippen LogP contribution in [0.3, 0.4) is 0 Å². The van der Waals surface area contributed by atoms with E-state index in [1.807, 2.05) is 0 Å². The van der Waals surface area contributed by atoms with Gasteiger partial charge in [0.05, 0.1) is 6.10 Å². The lowest BCUT2D eigenvalue weighted by Crippen LogP contribution is -2.45. The van der Waals surface area contributed by atoms with E-state index in [0.29, 0.717) is 0 Å². The van der Waals surface area contributed by atoms with Crippen molar-refractivity contribution >= 4 is 15.9 Å². The van der Waals surface area contributed by atoms with Crippen molar-refractivity contribution in [2.24, 2.45) is 0 Å². The summed E-state index contributed by atoms with van der Waals surface area (Å²) in [6, 6.07) is 6.62. The van der Waals surface area contributed by atoms with Gasteiger partial charge in [0.2, 0.25) is 0 Å². The van der Waals surface area contributed by atoms with E-state index in [-0.39, 0.29) is 11.5 Å². The Bertz CT molecular complexity index is 421. The monoisotopic (exact) mass is 294 g/mol. The fraction of sp³-hybridized carbons (Fsp3) is 0.600. The number of aryl methyl sites for hydroxylation is 1. The van der Waals surface area contributed by atoms with E-state index in [1.165, 1.54) is 47.7 Å². The molecule has 17 heavy (non-hydrogen) atoms. The number of hydrogen-bond acceptors (Lipinski definition) is 1. The predicted molar refractivity (Wildman–Crippen MR) is 73.2 cm³/mol. The molecule has 0 saturated heterocycles. The predicted octanol–water partition coefficient (Wildman–Crippen LogP) is 3.96. The number of rotatable bonds is 0. The lowest BCUT2D eigenvalue weighted by Gasteiger charge is -2.45. The van der Waals surface area contributed by atoms with Gasteiger partial charge >= 0.3 is 0 Å². The second-order valence-electron chi connectivity index (χ2n) is 5.57. The summed E-state index contributed by atoms with van der Waals surface area (Å²) in [5.74, 6) is 0. The Morgan fingerprint density at radius 2 is 1.94 bits per heavy atom. The van der Waals surface area contributed by atoms with Crippen LogP contribution < -0.4 is 0 Å². The van der Waals surface area contributed by atoms with Gasteiger partial charge in [0.1, 0.15) is 0 Å². The Labute approximate surface area is 111 Å². The normalized spacial score (nSPS) is 26.8. The van der Waals surface area contributed by atoms with E-state index in [9.17, 15) is 5.11 Å². The molecule has 1 spiro atoms. The van der Waals surface area contributed by atoms with Crippen LogP contribution in [0, 0.1) is 0 Å². The van der Waals surface area contributed by atoms with Crippen LogP contribution in [0.25, 0.3) is 0 Å². The molecule has 0 radical (unpaired) electrons. The van der Waals surface area contributed by atoms with E-state index in [1.54, 1.807) is 0 Å². The van der Waals surface area contributed by atoms with Crippen LogP contribution in [0.2, 0.25) is 0 Å². The quantitative estimate of drug-likeness (QED) is 0.768. The molecular weight excluding hydrogens is 276 g/mol. The van der Waals surface area contributed by atoms with Crippen molar-refractivity contribution in [1.82, 2.24) is 0 Å². The maximum Gasteiger partial charge on any atom is 0.0640 e. The van der Waals surface area contributed by atoms with E-state index in [4.69, 9.17) is 0 Å². The highest BCUT2D eigenvalue weighted by molar-refractivity contribution is 9.10. The molecule has 1 aromatic carbocycles. The molecule has 92 valence electrons. The molecule has 0 amide bonds. The SMILES string of the molecule is OC1CCc2cc(Br)ccc2C12CCCCC2. The Morgan fingerprint density at radius 1 is 1.18 bits per heavy atom. The molecule has 0 heterocycles. The lowest BCUT2D eigenvalue weighted by molar-refractivity contribution is 0.0390. The van der Waals surface area contributed by atoms with Crippen LogP contribution in [-0.4, -0.2) is 11.2 Å². The molecule has 2 aliphatic rings. The van der Waals surface area contributed by atoms with Gasteiger partial charge in [-0.25, -0.2) is 0 Å². The summed E-state index contributed by atoms with van der Waals surface area (Å²) in [6.07, 6.45) is 8.04. The Kier molecular flexibility index (Phi) is 3.04. The molecule has 2 aliphatic carbocycles. The standard InChI is InChI=1S/C15H19BrO/c16-12-5-6-13-11(10-12)4-7-14(17)15(13)8-2-1-3-9-15/h5-6,10,14,17H,1-4,7-9H2. The minimum absolute atomic E-state index is 0.0759. The Balaban J connectivity index is 2.09. The van der Waals surface area contributed by atoms with E-state index >= 15 is 0 Å². The fourth-order valence-corrected chi connectivity index (χ4v) is 4.20. The molecule has 3 rings (SSSR count). The van der Waals surface area contributed by atoms with Crippen LogP contribution in [-0.2, 0) is 11.8 Å². The fourth-order valence-electron chi connectivity index (χ4n) is 3.79. The minimum atomic E-state index is -0.128. The highest BCUT2D eigenvalue weighted by Crippen LogP contribution is 2.47. The third-order valence-corrected chi connectivity index (χ3v) is 5.17. The van der Waals surface area contributed by atoms with Gasteiger partial charge in [-0.3, -0.25) is 0 Å². The number of aliphatic hydroxyl groups is 1. The molecule has 1 N–H and O–H groups in total. The van der Waals surface area contributed by atoms with Crippen molar-refractivity contribution in [3.63, 3.8) is 0 Å². The van der Waals surface area contributed by atoms with Gasteiger partial charge in [-0.1, -0.05) is 41.3 Å². The molecule has 0 aromatic heterocycles. The molecule has 1 unspecified atom stereocenters. The van der Waals surface area contributed by atoms with Gasteiger partial charge in [-0.15, -0.1) is 0 Å². The summed E-state index contributed by atoms with van der Waals surface area (Å²) in [7, 11) is 0. The number of benzene rings is 1. The zero-order chi connectivity index (χ0) is 11.9. The first-order chi connectivity index (χ1) is 8.22. The molecule has 1 nitrogen and oxygen atoms in total. The summed E-state index contributed by atoms with van der Waals surface area (Å²) in [6.45, 7) is 0. The van der Waals surface area contributed by atoms with Gasteiger partial charge in [0, 0.05) is 9.89 Å². The van der Waals surface area contributed by atoms with Crippen LogP contribution in [0.15, 0.2) is 22.7 Å². The van der Waals surface area contributed by atoms with Crippen LogP contribution in [0.1, 0.15) is 49.7 Å². The van der Waals surface area contributed by atoms with Crippen LogP contribution >= 0.6 is 15.9 Å². The van der Waals surface area contributed by atoms with Crippen LogP contribution in [0.4, 0.5) is 0 Å². The average molecular weight is 295 g/mol. The second kappa shape index (κ2) is 4.40. The van der Waals surface area contributed by atoms with Crippen molar-refractivity contribution in [2.45, 2.75) is 56.5 Å². The van der Waals surface area contributed by atoms with Crippen molar-refractivity contribution in [3.8, 4) is 0 Å².